The fourth-order valence-electron chi connectivity index (χ4n) is 1.45. The molecule has 88 valence electrons. The van der Waals surface area contributed by atoms with Crippen LogP contribution in [0.15, 0.2) is 34.9 Å². The zero-order valence-electron chi connectivity index (χ0n) is 9.57. The van der Waals surface area contributed by atoms with Crippen LogP contribution in [0.3, 0.4) is 0 Å². The fraction of sp³-hybridized carbons (Fsp3) is 0.167. The molecule has 2 aromatic rings. The van der Waals surface area contributed by atoms with E-state index in [0.717, 1.165) is 15.9 Å². The largest absolute Gasteiger partial charge is 0.319 e. The maximum absolute atomic E-state index is 12.0. The summed E-state index contributed by atoms with van der Waals surface area (Å²) in [4.78, 5) is 12.0. The van der Waals surface area contributed by atoms with Gasteiger partial charge >= 0.3 is 0 Å². The average molecular weight is 294 g/mol. The third kappa shape index (κ3) is 2.55. The highest BCUT2D eigenvalue weighted by Gasteiger charge is 2.10. The van der Waals surface area contributed by atoms with Crippen LogP contribution in [0.25, 0.3) is 0 Å². The lowest BCUT2D eigenvalue weighted by atomic mass is 10.2. The molecule has 0 bridgehead atoms. The molecule has 5 heteroatoms. The first kappa shape index (κ1) is 11.9. The summed E-state index contributed by atoms with van der Waals surface area (Å²) in [5.74, 6) is -0.137. The number of carbonyl (C=O) groups excluding carboxylic acids is 1. The number of anilines is 1. The first-order chi connectivity index (χ1) is 8.08. The molecule has 0 spiro atoms. The number of nitrogens with zero attached hydrogens (tertiary/aromatic N) is 2. The van der Waals surface area contributed by atoms with Gasteiger partial charge in [0.1, 0.15) is 0 Å². The first-order valence-corrected chi connectivity index (χ1v) is 5.93. The summed E-state index contributed by atoms with van der Waals surface area (Å²) in [5.41, 5.74) is 2.27. The van der Waals surface area contributed by atoms with Crippen LogP contribution in [0.2, 0.25) is 0 Å². The van der Waals surface area contributed by atoms with Crippen molar-refractivity contribution in [1.82, 2.24) is 9.78 Å². The van der Waals surface area contributed by atoms with Crippen LogP contribution in [0.4, 0.5) is 5.69 Å². The topological polar surface area (TPSA) is 46.9 Å². The summed E-state index contributed by atoms with van der Waals surface area (Å²) in [5, 5.41) is 6.90. The summed E-state index contributed by atoms with van der Waals surface area (Å²) in [7, 11) is 1.84. The Hall–Kier alpha value is -1.62. The van der Waals surface area contributed by atoms with Gasteiger partial charge in [0.25, 0.3) is 5.91 Å². The molecule has 0 unspecified atom stereocenters. The second-order valence-electron chi connectivity index (χ2n) is 3.73. The summed E-state index contributed by atoms with van der Waals surface area (Å²) in [6.45, 7) is 1.91. The van der Waals surface area contributed by atoms with Crippen LogP contribution < -0.4 is 5.32 Å². The highest BCUT2D eigenvalue weighted by molar-refractivity contribution is 9.10. The lowest BCUT2D eigenvalue weighted by Gasteiger charge is -2.04. The van der Waals surface area contributed by atoms with E-state index in [1.54, 1.807) is 23.0 Å². The number of nitrogens with one attached hydrogen (secondary N) is 1. The minimum absolute atomic E-state index is 0.137. The Balaban J connectivity index is 2.20. The Morgan fingerprint density at radius 1 is 1.47 bits per heavy atom. The quantitative estimate of drug-likeness (QED) is 0.925. The van der Waals surface area contributed by atoms with Crippen molar-refractivity contribution in [3.8, 4) is 0 Å². The molecule has 1 heterocycles. The van der Waals surface area contributed by atoms with Crippen molar-refractivity contribution >= 4 is 27.5 Å². The number of rotatable bonds is 2. The molecule has 2 rings (SSSR count). The van der Waals surface area contributed by atoms with Gasteiger partial charge in [-0.1, -0.05) is 22.0 Å². The minimum atomic E-state index is -0.137. The number of benzene rings is 1. The lowest BCUT2D eigenvalue weighted by Crippen LogP contribution is -2.12. The van der Waals surface area contributed by atoms with E-state index >= 15 is 0 Å². The van der Waals surface area contributed by atoms with Crippen molar-refractivity contribution in [1.29, 1.82) is 0 Å². The van der Waals surface area contributed by atoms with E-state index in [0.29, 0.717) is 5.56 Å². The molecule has 0 saturated heterocycles. The van der Waals surface area contributed by atoms with Crippen LogP contribution in [0.1, 0.15) is 16.1 Å². The lowest BCUT2D eigenvalue weighted by molar-refractivity contribution is 0.102. The van der Waals surface area contributed by atoms with E-state index in [2.05, 4.69) is 26.3 Å². The third-order valence-electron chi connectivity index (χ3n) is 2.57. The molecular formula is C12H12BrN3O. The average Bonchev–Trinajstić information content (AvgIpc) is 2.61. The smallest absolute Gasteiger partial charge is 0.255 e. The van der Waals surface area contributed by atoms with Crippen LogP contribution in [-0.4, -0.2) is 15.7 Å². The van der Waals surface area contributed by atoms with E-state index in [9.17, 15) is 4.79 Å². The highest BCUT2D eigenvalue weighted by Crippen LogP contribution is 2.16. The van der Waals surface area contributed by atoms with Gasteiger partial charge in [-0.25, -0.2) is 0 Å². The van der Waals surface area contributed by atoms with Crippen molar-refractivity contribution < 1.29 is 4.79 Å². The van der Waals surface area contributed by atoms with E-state index in [4.69, 9.17) is 0 Å². The second kappa shape index (κ2) is 4.71. The molecule has 1 aromatic heterocycles. The molecule has 1 aromatic carbocycles. The molecule has 17 heavy (non-hydrogen) atoms. The molecule has 0 atom stereocenters. The predicted molar refractivity (Wildman–Crippen MR) is 70.0 cm³/mol. The Bertz CT molecular complexity index is 563. The number of amides is 1. The molecule has 1 N–H and O–H groups in total. The zero-order valence-corrected chi connectivity index (χ0v) is 11.2. The first-order valence-electron chi connectivity index (χ1n) is 5.13. The van der Waals surface area contributed by atoms with Gasteiger partial charge in [-0.3, -0.25) is 9.48 Å². The number of aromatic nitrogens is 2. The van der Waals surface area contributed by atoms with E-state index < -0.39 is 0 Å². The van der Waals surface area contributed by atoms with Crippen molar-refractivity contribution in [3.63, 3.8) is 0 Å². The highest BCUT2D eigenvalue weighted by atomic mass is 79.9. The molecule has 1 amide bonds. The van der Waals surface area contributed by atoms with Crippen molar-refractivity contribution in [2.75, 3.05) is 5.32 Å². The normalized spacial score (nSPS) is 10.3. The van der Waals surface area contributed by atoms with Crippen molar-refractivity contribution in [2.45, 2.75) is 6.92 Å². The predicted octanol–water partition coefficient (Wildman–Crippen LogP) is 2.74. The van der Waals surface area contributed by atoms with Gasteiger partial charge in [-0.15, -0.1) is 0 Å². The molecule has 0 aliphatic rings. The molecular weight excluding hydrogens is 282 g/mol. The number of halogens is 1. The van der Waals surface area contributed by atoms with Gasteiger partial charge in [-0.05, 0) is 25.1 Å². The number of carbonyl (C=O) groups is 1. The monoisotopic (exact) mass is 293 g/mol. The fourth-order valence-corrected chi connectivity index (χ4v) is 1.84. The second-order valence-corrected chi connectivity index (χ2v) is 4.65. The Kier molecular flexibility index (Phi) is 3.28. The Labute approximate surface area is 108 Å². The number of aryl methyl sites for hydroxylation is 1. The van der Waals surface area contributed by atoms with Crippen molar-refractivity contribution in [3.05, 3.63) is 46.2 Å². The number of hydrogen-bond acceptors (Lipinski definition) is 2. The standard InChI is InChI=1S/C12H12BrN3O/c1-8-11(7-14-16(8)2)15-12(17)9-4-3-5-10(13)6-9/h3-7H,1-2H3,(H,15,17). The van der Waals surface area contributed by atoms with Crippen LogP contribution in [-0.2, 0) is 7.05 Å². The van der Waals surface area contributed by atoms with Gasteiger partial charge in [0.05, 0.1) is 17.6 Å². The summed E-state index contributed by atoms with van der Waals surface area (Å²) in [6, 6.07) is 7.26. The van der Waals surface area contributed by atoms with Gasteiger partial charge in [0.2, 0.25) is 0 Å². The molecule has 0 radical (unpaired) electrons. The summed E-state index contributed by atoms with van der Waals surface area (Å²) in [6.07, 6.45) is 1.64. The van der Waals surface area contributed by atoms with E-state index in [1.807, 2.05) is 26.1 Å². The van der Waals surface area contributed by atoms with E-state index in [-0.39, 0.29) is 5.91 Å². The third-order valence-corrected chi connectivity index (χ3v) is 3.06. The van der Waals surface area contributed by atoms with Crippen molar-refractivity contribution in [2.24, 2.45) is 7.05 Å². The molecule has 0 fully saturated rings. The summed E-state index contributed by atoms with van der Waals surface area (Å²) >= 11 is 3.34. The zero-order chi connectivity index (χ0) is 12.4. The van der Waals surface area contributed by atoms with Gasteiger partial charge in [0.15, 0.2) is 0 Å². The minimum Gasteiger partial charge on any atom is -0.319 e. The molecule has 0 saturated carbocycles. The van der Waals surface area contributed by atoms with E-state index in [1.165, 1.54) is 0 Å². The van der Waals surface area contributed by atoms with Crippen LogP contribution in [0, 0.1) is 6.92 Å². The maximum Gasteiger partial charge on any atom is 0.255 e. The Morgan fingerprint density at radius 3 is 2.82 bits per heavy atom. The van der Waals surface area contributed by atoms with Gasteiger partial charge < -0.3 is 5.32 Å². The van der Waals surface area contributed by atoms with Crippen LogP contribution in [0.5, 0.6) is 0 Å². The number of hydrogen-bond donors (Lipinski definition) is 1. The SMILES string of the molecule is Cc1c(NC(=O)c2cccc(Br)c2)cnn1C. The molecule has 4 nitrogen and oxygen atoms in total. The van der Waals surface area contributed by atoms with Gasteiger partial charge in [0, 0.05) is 17.1 Å². The Morgan fingerprint density at radius 2 is 2.24 bits per heavy atom. The summed E-state index contributed by atoms with van der Waals surface area (Å²) < 4.78 is 2.60. The maximum atomic E-state index is 12.0. The molecule has 0 aliphatic carbocycles. The van der Waals surface area contributed by atoms with Gasteiger partial charge in [-0.2, -0.15) is 5.10 Å². The molecule has 0 aliphatic heterocycles. The van der Waals surface area contributed by atoms with Crippen LogP contribution >= 0.6 is 15.9 Å².